The van der Waals surface area contributed by atoms with Crippen LogP contribution in [0, 0.1) is 5.92 Å². The van der Waals surface area contributed by atoms with Crippen molar-refractivity contribution < 1.29 is 9.59 Å². The maximum Gasteiger partial charge on any atom is 0.321 e. The summed E-state index contributed by atoms with van der Waals surface area (Å²) in [6.07, 6.45) is 0.886. The average molecular weight is 247 g/mol. The molecule has 0 fully saturated rings. The first-order valence-electron chi connectivity index (χ1n) is 5.41. The molecule has 4 N–H and O–H groups in total. The monoisotopic (exact) mass is 247 g/mol. The fraction of sp³-hybridized carbons (Fsp3) is 0.800. The topological polar surface area (TPSA) is 84.2 Å². The van der Waals surface area contributed by atoms with E-state index in [2.05, 4.69) is 10.6 Å². The molecular formula is C10H21N3O2S. The SMILES string of the molecule is CC(C)CNC(=O)NC(=O)CSCCCN. The number of hydrogen-bond acceptors (Lipinski definition) is 4. The summed E-state index contributed by atoms with van der Waals surface area (Å²) in [6.45, 7) is 5.18. The second kappa shape index (κ2) is 9.47. The second-order valence-corrected chi connectivity index (χ2v) is 4.95. The molecule has 0 saturated carbocycles. The first-order valence-corrected chi connectivity index (χ1v) is 6.57. The van der Waals surface area contributed by atoms with Gasteiger partial charge in [-0.25, -0.2) is 4.79 Å². The van der Waals surface area contributed by atoms with E-state index in [0.717, 1.165) is 12.2 Å². The Balaban J connectivity index is 3.51. The Morgan fingerprint density at radius 2 is 2.06 bits per heavy atom. The lowest BCUT2D eigenvalue weighted by molar-refractivity contribution is -0.117. The normalized spacial score (nSPS) is 10.2. The number of carbonyl (C=O) groups excluding carboxylic acids is 2. The zero-order valence-corrected chi connectivity index (χ0v) is 10.7. The number of thioether (sulfide) groups is 1. The summed E-state index contributed by atoms with van der Waals surface area (Å²) < 4.78 is 0. The molecule has 6 heteroatoms. The van der Waals surface area contributed by atoms with Crippen LogP contribution in [0.2, 0.25) is 0 Å². The minimum absolute atomic E-state index is 0.261. The molecule has 16 heavy (non-hydrogen) atoms. The van der Waals surface area contributed by atoms with Gasteiger partial charge >= 0.3 is 6.03 Å². The van der Waals surface area contributed by atoms with E-state index < -0.39 is 6.03 Å². The maximum absolute atomic E-state index is 11.2. The highest BCUT2D eigenvalue weighted by atomic mass is 32.2. The molecule has 0 unspecified atom stereocenters. The van der Waals surface area contributed by atoms with Crippen molar-refractivity contribution in [2.45, 2.75) is 20.3 Å². The minimum Gasteiger partial charge on any atom is -0.338 e. The molecular weight excluding hydrogens is 226 g/mol. The largest absolute Gasteiger partial charge is 0.338 e. The van der Waals surface area contributed by atoms with Gasteiger partial charge in [-0.1, -0.05) is 13.8 Å². The predicted octanol–water partition coefficient (Wildman–Crippen LogP) is 0.550. The number of amides is 3. The molecule has 0 aromatic carbocycles. The van der Waals surface area contributed by atoms with Crippen molar-refractivity contribution in [3.8, 4) is 0 Å². The van der Waals surface area contributed by atoms with E-state index in [1.165, 1.54) is 11.8 Å². The summed E-state index contributed by atoms with van der Waals surface area (Å²) in [5.74, 6) is 1.26. The molecule has 0 aromatic heterocycles. The summed E-state index contributed by atoms with van der Waals surface area (Å²) in [5.41, 5.74) is 5.32. The van der Waals surface area contributed by atoms with Crippen LogP contribution in [0.3, 0.4) is 0 Å². The van der Waals surface area contributed by atoms with E-state index in [4.69, 9.17) is 5.73 Å². The van der Waals surface area contributed by atoms with Gasteiger partial charge in [0.2, 0.25) is 5.91 Å². The molecule has 0 aliphatic heterocycles. The van der Waals surface area contributed by atoms with E-state index >= 15 is 0 Å². The highest BCUT2D eigenvalue weighted by Gasteiger charge is 2.07. The molecule has 3 amide bonds. The van der Waals surface area contributed by atoms with E-state index in [9.17, 15) is 9.59 Å². The second-order valence-electron chi connectivity index (χ2n) is 3.85. The molecule has 94 valence electrons. The Hall–Kier alpha value is -0.750. The van der Waals surface area contributed by atoms with E-state index in [0.29, 0.717) is 24.8 Å². The van der Waals surface area contributed by atoms with Gasteiger partial charge in [0.25, 0.3) is 0 Å². The van der Waals surface area contributed by atoms with Crippen molar-refractivity contribution in [3.05, 3.63) is 0 Å². The number of hydrogen-bond donors (Lipinski definition) is 3. The van der Waals surface area contributed by atoms with E-state index in [-0.39, 0.29) is 5.91 Å². The van der Waals surface area contributed by atoms with Crippen LogP contribution >= 0.6 is 11.8 Å². The lowest BCUT2D eigenvalue weighted by atomic mass is 10.2. The molecule has 0 heterocycles. The lowest BCUT2D eigenvalue weighted by Gasteiger charge is -2.08. The van der Waals surface area contributed by atoms with E-state index in [1.807, 2.05) is 13.8 Å². The number of nitrogens with one attached hydrogen (secondary N) is 2. The Morgan fingerprint density at radius 3 is 2.62 bits per heavy atom. The third-order valence-corrected chi connectivity index (χ3v) is 2.69. The van der Waals surface area contributed by atoms with Crippen molar-refractivity contribution >= 4 is 23.7 Å². The summed E-state index contributed by atoms with van der Waals surface area (Å²) in [5, 5.41) is 4.89. The van der Waals surface area contributed by atoms with Crippen LogP contribution in [0.4, 0.5) is 4.79 Å². The van der Waals surface area contributed by atoms with Crippen molar-refractivity contribution in [2.75, 3.05) is 24.6 Å². The zero-order chi connectivity index (χ0) is 12.4. The highest BCUT2D eigenvalue weighted by molar-refractivity contribution is 7.99. The Labute approximate surface area is 101 Å². The number of urea groups is 1. The van der Waals surface area contributed by atoms with Gasteiger partial charge in [0.15, 0.2) is 0 Å². The Morgan fingerprint density at radius 1 is 1.38 bits per heavy atom. The molecule has 0 radical (unpaired) electrons. The Bertz CT molecular complexity index is 222. The highest BCUT2D eigenvalue weighted by Crippen LogP contribution is 2.00. The summed E-state index contributed by atoms with van der Waals surface area (Å²) in [6, 6.07) is -0.418. The zero-order valence-electron chi connectivity index (χ0n) is 9.91. The van der Waals surface area contributed by atoms with Crippen molar-refractivity contribution in [2.24, 2.45) is 11.7 Å². The molecule has 0 aliphatic rings. The average Bonchev–Trinajstić information content (AvgIpc) is 2.21. The van der Waals surface area contributed by atoms with E-state index in [1.54, 1.807) is 0 Å². The number of rotatable bonds is 7. The molecule has 0 atom stereocenters. The summed E-state index contributed by atoms with van der Waals surface area (Å²) >= 11 is 1.48. The smallest absolute Gasteiger partial charge is 0.321 e. The van der Waals surface area contributed by atoms with Crippen LogP contribution in [-0.2, 0) is 4.79 Å². The lowest BCUT2D eigenvalue weighted by Crippen LogP contribution is -2.41. The molecule has 0 aromatic rings. The molecule has 0 spiro atoms. The summed E-state index contributed by atoms with van der Waals surface area (Å²) in [7, 11) is 0. The van der Waals surface area contributed by atoms with Crippen LogP contribution < -0.4 is 16.4 Å². The molecule has 0 saturated heterocycles. The third-order valence-electron chi connectivity index (χ3n) is 1.65. The fourth-order valence-electron chi connectivity index (χ4n) is 0.854. The third kappa shape index (κ3) is 9.79. The van der Waals surface area contributed by atoms with Crippen LogP contribution in [0.25, 0.3) is 0 Å². The van der Waals surface area contributed by atoms with Gasteiger partial charge in [-0.05, 0) is 24.6 Å². The molecule has 5 nitrogen and oxygen atoms in total. The number of imide groups is 1. The first-order chi connectivity index (χ1) is 7.56. The van der Waals surface area contributed by atoms with Crippen LogP contribution in [-0.4, -0.2) is 36.5 Å². The fourth-order valence-corrected chi connectivity index (χ4v) is 1.63. The van der Waals surface area contributed by atoms with Crippen LogP contribution in [0.5, 0.6) is 0 Å². The molecule has 0 aliphatic carbocycles. The van der Waals surface area contributed by atoms with Crippen molar-refractivity contribution in [1.82, 2.24) is 10.6 Å². The first kappa shape index (κ1) is 15.2. The van der Waals surface area contributed by atoms with Gasteiger partial charge in [-0.15, -0.1) is 0 Å². The standard InChI is InChI=1S/C10H21N3O2S/c1-8(2)6-12-10(15)13-9(14)7-16-5-3-4-11/h8H,3-7,11H2,1-2H3,(H2,12,13,14,15). The van der Waals surface area contributed by atoms with Crippen molar-refractivity contribution in [1.29, 1.82) is 0 Å². The van der Waals surface area contributed by atoms with Crippen LogP contribution in [0.15, 0.2) is 0 Å². The van der Waals surface area contributed by atoms with Crippen molar-refractivity contribution in [3.63, 3.8) is 0 Å². The van der Waals surface area contributed by atoms with Gasteiger partial charge in [0.05, 0.1) is 5.75 Å². The maximum atomic E-state index is 11.2. The molecule has 0 rings (SSSR count). The summed E-state index contributed by atoms with van der Waals surface area (Å²) in [4.78, 5) is 22.4. The van der Waals surface area contributed by atoms with Gasteiger partial charge in [0.1, 0.15) is 0 Å². The van der Waals surface area contributed by atoms with Crippen LogP contribution in [0.1, 0.15) is 20.3 Å². The number of carbonyl (C=O) groups is 2. The van der Waals surface area contributed by atoms with Gasteiger partial charge in [-0.2, -0.15) is 11.8 Å². The quantitative estimate of drug-likeness (QED) is 0.574. The number of nitrogens with two attached hydrogens (primary N) is 1. The Kier molecular flexibility index (Phi) is 9.03. The molecule has 0 bridgehead atoms. The van der Waals surface area contributed by atoms with Gasteiger partial charge < -0.3 is 11.1 Å². The minimum atomic E-state index is -0.418. The predicted molar refractivity (Wildman–Crippen MR) is 67.4 cm³/mol. The van der Waals surface area contributed by atoms with Gasteiger partial charge in [0, 0.05) is 6.54 Å². The van der Waals surface area contributed by atoms with Gasteiger partial charge in [-0.3, -0.25) is 10.1 Å².